The second-order valence-electron chi connectivity index (χ2n) is 13.4. The number of rotatable bonds is 16. The first kappa shape index (κ1) is 50.5. The summed E-state index contributed by atoms with van der Waals surface area (Å²) < 4.78 is 11.0. The summed E-state index contributed by atoms with van der Waals surface area (Å²) in [7, 11) is 20.0. The monoisotopic (exact) mass is 768 g/mol. The van der Waals surface area contributed by atoms with Gasteiger partial charge in [0.2, 0.25) is 0 Å². The number of quaternary nitrogens is 2. The lowest BCUT2D eigenvalue weighted by atomic mass is 10.1. The molecule has 2 saturated heterocycles. The number of ether oxygens (including phenoxy) is 2. The van der Waals surface area contributed by atoms with Gasteiger partial charge in [0.15, 0.2) is 0 Å². The van der Waals surface area contributed by atoms with Gasteiger partial charge in [-0.25, -0.2) is 9.59 Å². The lowest BCUT2D eigenvalue weighted by Crippen LogP contribution is -3.00. The third-order valence-corrected chi connectivity index (χ3v) is 12.0. The lowest BCUT2D eigenvalue weighted by Gasteiger charge is -2.26. The summed E-state index contributed by atoms with van der Waals surface area (Å²) in [5, 5.41) is 20.0. The molecule has 4 atom stereocenters. The molecule has 0 radical (unpaired) electrons. The molecular weight excluding hydrogens is 708 g/mol. The molecule has 2 fully saturated rings. The second-order valence-corrected chi connectivity index (χ2v) is 18.9. The SMILES string of the molecule is CC(C[N+](C)(C)C)OC(N)=O.CC(C[N+](C)(C)C)OC(N)=O.O=C(O)CCCC[C@@H]1CCSS1.O=C([O-])CCCC[C@@H]1CCSS1.[Cl-]. The molecule has 2 rings (SSSR count). The summed E-state index contributed by atoms with van der Waals surface area (Å²) in [6.07, 6.45) is 7.63. The Balaban J connectivity index is -0.000000546. The number of nitrogens with two attached hydrogens (primary N) is 2. The number of nitrogens with zero attached hydrogens (tertiary/aromatic N) is 2. The molecule has 0 saturated carbocycles. The predicted octanol–water partition coefficient (Wildman–Crippen LogP) is 1.59. The van der Waals surface area contributed by atoms with E-state index in [0.717, 1.165) is 58.2 Å². The molecule has 0 aromatic rings. The van der Waals surface area contributed by atoms with E-state index in [1.807, 2.05) is 99.3 Å². The molecule has 2 unspecified atom stereocenters. The summed E-state index contributed by atoms with van der Waals surface area (Å²) in [5.41, 5.74) is 9.69. The van der Waals surface area contributed by atoms with Crippen molar-refractivity contribution >= 4 is 67.3 Å². The van der Waals surface area contributed by atoms with E-state index in [-0.39, 0.29) is 31.0 Å². The number of carboxylic acids is 2. The van der Waals surface area contributed by atoms with Gasteiger partial charge < -0.3 is 57.3 Å². The fourth-order valence-electron chi connectivity index (χ4n) is 4.43. The van der Waals surface area contributed by atoms with Crippen molar-refractivity contribution in [3.8, 4) is 0 Å². The van der Waals surface area contributed by atoms with Crippen LogP contribution < -0.4 is 29.0 Å². The molecule has 2 heterocycles. The Morgan fingerprint density at radius 3 is 1.36 bits per heavy atom. The van der Waals surface area contributed by atoms with Crippen molar-refractivity contribution < 1.29 is 60.2 Å². The highest BCUT2D eigenvalue weighted by molar-refractivity contribution is 8.77. The zero-order valence-electron chi connectivity index (χ0n) is 29.6. The molecule has 2 aliphatic rings. The first-order valence-electron chi connectivity index (χ1n) is 15.7. The number of primary amides is 2. The molecule has 17 heteroatoms. The van der Waals surface area contributed by atoms with E-state index in [9.17, 15) is 24.3 Å². The topological polar surface area (TPSA) is 182 Å². The van der Waals surface area contributed by atoms with E-state index in [0.29, 0.717) is 6.42 Å². The van der Waals surface area contributed by atoms with Crippen LogP contribution in [-0.4, -0.2) is 128 Å². The van der Waals surface area contributed by atoms with Crippen LogP contribution in [0.3, 0.4) is 0 Å². The summed E-state index contributed by atoms with van der Waals surface area (Å²) in [6, 6.07) is 0. The van der Waals surface area contributed by atoms with E-state index < -0.39 is 24.1 Å². The minimum absolute atomic E-state index is 0. The third-order valence-electron chi connectivity index (χ3n) is 6.02. The molecule has 0 aromatic carbocycles. The number of hydrogen-bond acceptors (Lipinski definition) is 11. The van der Waals surface area contributed by atoms with Gasteiger partial charge in [-0.05, 0) is 58.8 Å². The largest absolute Gasteiger partial charge is 1.00 e. The van der Waals surface area contributed by atoms with E-state index in [2.05, 4.69) is 0 Å². The highest BCUT2D eigenvalue weighted by Crippen LogP contribution is 2.40. The Hall–Kier alpha value is -0.910. The number of halogens is 1. The van der Waals surface area contributed by atoms with Crippen molar-refractivity contribution in [2.45, 2.75) is 101 Å². The van der Waals surface area contributed by atoms with E-state index in [1.165, 1.54) is 37.2 Å². The normalized spacial score (nSPS) is 18.3. The maximum absolute atomic E-state index is 10.3. The van der Waals surface area contributed by atoms with E-state index in [1.54, 1.807) is 0 Å². The number of carboxylic acid groups (broad SMARTS) is 2. The number of aliphatic carboxylic acids is 2. The number of unbranched alkanes of at least 4 members (excludes halogenated alkanes) is 2. The number of likely N-dealkylation sites (N-methyl/N-ethyl adjacent to an activating group) is 2. The van der Waals surface area contributed by atoms with Gasteiger partial charge in [0.05, 0.1) is 42.3 Å². The quantitative estimate of drug-likeness (QED) is 0.117. The minimum Gasteiger partial charge on any atom is -1.00 e. The number of amides is 2. The van der Waals surface area contributed by atoms with Crippen LogP contribution in [0.25, 0.3) is 0 Å². The Morgan fingerprint density at radius 2 is 1.11 bits per heavy atom. The van der Waals surface area contributed by atoms with Gasteiger partial charge in [0, 0.05) is 34.4 Å². The predicted molar refractivity (Wildman–Crippen MR) is 193 cm³/mol. The van der Waals surface area contributed by atoms with Crippen molar-refractivity contribution in [2.75, 3.05) is 66.9 Å². The number of hydrogen-bond donors (Lipinski definition) is 3. The van der Waals surface area contributed by atoms with Crippen LogP contribution in [0.5, 0.6) is 0 Å². The Bertz CT molecular complexity index is 787. The smallest absolute Gasteiger partial charge is 0.404 e. The second kappa shape index (κ2) is 28.9. The highest BCUT2D eigenvalue weighted by atomic mass is 35.5. The molecule has 0 spiro atoms. The van der Waals surface area contributed by atoms with Gasteiger partial charge in [-0.3, -0.25) is 4.79 Å². The van der Waals surface area contributed by atoms with Crippen molar-refractivity contribution in [3.63, 3.8) is 0 Å². The minimum atomic E-state index is -0.913. The van der Waals surface area contributed by atoms with Crippen molar-refractivity contribution in [3.05, 3.63) is 0 Å². The zero-order valence-corrected chi connectivity index (χ0v) is 33.6. The van der Waals surface area contributed by atoms with Crippen LogP contribution in [0.4, 0.5) is 9.59 Å². The van der Waals surface area contributed by atoms with Crippen LogP contribution in [0.2, 0.25) is 0 Å². The van der Waals surface area contributed by atoms with Crippen molar-refractivity contribution in [1.29, 1.82) is 0 Å². The summed E-state index contributed by atoms with van der Waals surface area (Å²) in [5.74, 6) is 0.955. The van der Waals surface area contributed by atoms with Crippen molar-refractivity contribution in [2.24, 2.45) is 11.5 Å². The van der Waals surface area contributed by atoms with Crippen LogP contribution in [0, 0.1) is 0 Å². The van der Waals surface area contributed by atoms with Gasteiger partial charge in [-0.1, -0.05) is 56.0 Å². The average Bonchev–Trinajstić information content (AvgIpc) is 3.57. The molecule has 0 aliphatic carbocycles. The Labute approximate surface area is 305 Å². The molecule has 47 heavy (non-hydrogen) atoms. The third kappa shape index (κ3) is 41.2. The van der Waals surface area contributed by atoms with E-state index in [4.69, 9.17) is 26.0 Å². The Kier molecular flexibility index (Phi) is 31.0. The van der Waals surface area contributed by atoms with Crippen LogP contribution in [0.15, 0.2) is 0 Å². The first-order valence-corrected chi connectivity index (χ1v) is 20.5. The molecule has 0 bridgehead atoms. The molecule has 5 N–H and O–H groups in total. The summed E-state index contributed by atoms with van der Waals surface area (Å²) in [4.78, 5) is 40.8. The zero-order chi connectivity index (χ0) is 35.8. The average molecular weight is 770 g/mol. The fraction of sp³-hybridized carbons (Fsp3) is 0.867. The molecule has 280 valence electrons. The fourth-order valence-corrected chi connectivity index (χ4v) is 10.5. The van der Waals surface area contributed by atoms with Gasteiger partial charge in [0.1, 0.15) is 25.3 Å². The van der Waals surface area contributed by atoms with Gasteiger partial charge in [-0.15, -0.1) is 0 Å². The number of carbonyl (C=O) groups excluding carboxylic acids is 3. The molecule has 12 nitrogen and oxygen atoms in total. The van der Waals surface area contributed by atoms with Gasteiger partial charge in [-0.2, -0.15) is 0 Å². The Morgan fingerprint density at radius 1 is 0.745 bits per heavy atom. The maximum Gasteiger partial charge on any atom is 0.404 e. The van der Waals surface area contributed by atoms with Crippen LogP contribution in [0.1, 0.15) is 78.1 Å². The first-order chi connectivity index (χ1) is 21.2. The molecule has 2 aliphatic heterocycles. The van der Waals surface area contributed by atoms with Gasteiger partial charge >= 0.3 is 18.2 Å². The number of carbonyl (C=O) groups is 4. The molecular formula is C30H61ClN4O8S4. The van der Waals surface area contributed by atoms with E-state index >= 15 is 0 Å². The van der Waals surface area contributed by atoms with Gasteiger partial charge in [0.25, 0.3) is 0 Å². The molecule has 0 aromatic heterocycles. The summed E-state index contributed by atoms with van der Waals surface area (Å²) >= 11 is 0. The highest BCUT2D eigenvalue weighted by Gasteiger charge is 2.18. The summed E-state index contributed by atoms with van der Waals surface area (Å²) in [6.45, 7) is 5.19. The molecule has 2 amide bonds. The lowest BCUT2D eigenvalue weighted by molar-refractivity contribution is -0.873. The maximum atomic E-state index is 10.3. The standard InChI is InChI=1S/2C8H14O2S2.2C7H16N2O2.ClH/c2*9-8(10)4-2-1-3-7-5-6-11-12-7;2*1-6(11-7(8)10)5-9(2,3)4;/h2*7H,1-6H2,(H,9,10);2*6H,5H2,1-4H3,(H-,8,10);1H/t2*7-;;;/m11.../s1. The van der Waals surface area contributed by atoms with Crippen LogP contribution in [-0.2, 0) is 19.1 Å². The van der Waals surface area contributed by atoms with Crippen molar-refractivity contribution in [1.82, 2.24) is 0 Å². The van der Waals surface area contributed by atoms with Crippen LogP contribution >= 0.6 is 43.2 Å².